The van der Waals surface area contributed by atoms with Crippen LogP contribution in [0.5, 0.6) is 0 Å². The summed E-state index contributed by atoms with van der Waals surface area (Å²) in [5.74, 6) is -1.17. The Morgan fingerprint density at radius 2 is 1.81 bits per heavy atom. The van der Waals surface area contributed by atoms with Gasteiger partial charge >= 0.3 is 5.97 Å². The summed E-state index contributed by atoms with van der Waals surface area (Å²) >= 11 is 0. The average Bonchev–Trinajstić information content (AvgIpc) is 2.45. The Kier molecular flexibility index (Phi) is 6.80. The molecule has 0 bridgehead atoms. The largest absolute Gasteiger partial charge is 0.480 e. The Morgan fingerprint density at radius 3 is 2.29 bits per heavy atom. The second kappa shape index (κ2) is 8.11. The van der Waals surface area contributed by atoms with E-state index in [0.29, 0.717) is 19.5 Å². The van der Waals surface area contributed by atoms with Crippen molar-refractivity contribution in [3.8, 4) is 0 Å². The molecule has 0 amide bonds. The number of hydrogen-bond donors (Lipinski definition) is 2. The molecule has 1 rings (SSSR count). The Morgan fingerprint density at radius 1 is 1.24 bits per heavy atom. The third-order valence-electron chi connectivity index (χ3n) is 3.20. The quantitative estimate of drug-likeness (QED) is 0.718. The lowest BCUT2D eigenvalue weighted by atomic mass is 10.1. The number of carbonyl (C=O) groups is 1. The van der Waals surface area contributed by atoms with Gasteiger partial charge in [0.25, 0.3) is 10.2 Å². The van der Waals surface area contributed by atoms with Gasteiger partial charge < -0.3 is 5.11 Å². The van der Waals surface area contributed by atoms with Gasteiger partial charge in [0.2, 0.25) is 0 Å². The predicted octanol–water partition coefficient (Wildman–Crippen LogP) is 1.25. The predicted molar refractivity (Wildman–Crippen MR) is 81.2 cm³/mol. The molecule has 0 aliphatic carbocycles. The first-order valence-electron chi connectivity index (χ1n) is 6.94. The highest BCUT2D eigenvalue weighted by atomic mass is 32.2. The number of nitrogens with zero attached hydrogens (tertiary/aromatic N) is 1. The van der Waals surface area contributed by atoms with Gasteiger partial charge in [-0.2, -0.15) is 17.4 Å². The van der Waals surface area contributed by atoms with Gasteiger partial charge in [0.15, 0.2) is 0 Å². The zero-order chi connectivity index (χ0) is 15.9. The second-order valence-electron chi connectivity index (χ2n) is 4.62. The van der Waals surface area contributed by atoms with Gasteiger partial charge in [-0.25, -0.2) is 0 Å². The summed E-state index contributed by atoms with van der Waals surface area (Å²) in [5.41, 5.74) is 0.978. The van der Waals surface area contributed by atoms with Crippen molar-refractivity contribution < 1.29 is 18.3 Å². The van der Waals surface area contributed by atoms with E-state index in [1.165, 1.54) is 4.31 Å². The van der Waals surface area contributed by atoms with Crippen LogP contribution in [0, 0.1) is 0 Å². The summed E-state index contributed by atoms with van der Waals surface area (Å²) in [6.45, 7) is 4.03. The molecular formula is C14H22N2O4S. The minimum absolute atomic E-state index is 0.208. The van der Waals surface area contributed by atoms with Crippen molar-refractivity contribution in [3.63, 3.8) is 0 Å². The molecule has 0 aliphatic rings. The molecule has 6 nitrogen and oxygen atoms in total. The Hall–Kier alpha value is -1.44. The molecule has 1 atom stereocenters. The summed E-state index contributed by atoms with van der Waals surface area (Å²) < 4.78 is 27.6. The van der Waals surface area contributed by atoms with Crippen LogP contribution in [0.15, 0.2) is 30.3 Å². The van der Waals surface area contributed by atoms with Gasteiger partial charge in [-0.1, -0.05) is 44.2 Å². The molecule has 7 heteroatoms. The van der Waals surface area contributed by atoms with E-state index in [2.05, 4.69) is 4.72 Å². The van der Waals surface area contributed by atoms with Gasteiger partial charge in [-0.15, -0.1) is 0 Å². The number of carboxylic acids is 1. The van der Waals surface area contributed by atoms with Crippen molar-refractivity contribution >= 4 is 16.2 Å². The van der Waals surface area contributed by atoms with Crippen LogP contribution in [-0.4, -0.2) is 42.9 Å². The summed E-state index contributed by atoms with van der Waals surface area (Å²) in [4.78, 5) is 11.3. The molecule has 0 saturated heterocycles. The Bertz CT molecular complexity index is 541. The van der Waals surface area contributed by atoms with Crippen LogP contribution in [0.3, 0.4) is 0 Å². The molecule has 0 saturated carbocycles. The molecule has 0 aliphatic heterocycles. The van der Waals surface area contributed by atoms with Crippen LogP contribution in [0.25, 0.3) is 0 Å². The number of benzene rings is 1. The first-order chi connectivity index (χ1) is 9.90. The first-order valence-corrected chi connectivity index (χ1v) is 8.38. The second-order valence-corrected chi connectivity index (χ2v) is 6.32. The standard InChI is InChI=1S/C14H22N2O4S/c1-3-16(4-2)21(19,20)15-13(14(17)18)11-10-12-8-6-5-7-9-12/h5-9,13,15H,3-4,10-11H2,1-2H3,(H,17,18)/t13-/m0/s1. The highest BCUT2D eigenvalue weighted by Gasteiger charge is 2.27. The molecule has 118 valence electrons. The van der Waals surface area contributed by atoms with Crippen molar-refractivity contribution in [2.75, 3.05) is 13.1 Å². The van der Waals surface area contributed by atoms with Crippen LogP contribution in [-0.2, 0) is 21.4 Å². The lowest BCUT2D eigenvalue weighted by Crippen LogP contribution is -2.48. The number of hydrogen-bond acceptors (Lipinski definition) is 3. The SMILES string of the molecule is CCN(CC)S(=O)(=O)N[C@@H](CCc1ccccc1)C(=O)O. The van der Waals surface area contributed by atoms with E-state index < -0.39 is 22.2 Å². The maximum atomic E-state index is 12.1. The maximum Gasteiger partial charge on any atom is 0.321 e. The summed E-state index contributed by atoms with van der Waals surface area (Å²) in [5, 5.41) is 9.20. The fourth-order valence-corrected chi connectivity index (χ4v) is 3.41. The van der Waals surface area contributed by atoms with Gasteiger partial charge in [0.1, 0.15) is 6.04 Å². The van der Waals surface area contributed by atoms with E-state index in [9.17, 15) is 18.3 Å². The molecule has 0 aromatic heterocycles. The van der Waals surface area contributed by atoms with Crippen LogP contribution in [0.4, 0.5) is 0 Å². The number of aryl methyl sites for hydroxylation is 1. The lowest BCUT2D eigenvalue weighted by Gasteiger charge is -2.22. The van der Waals surface area contributed by atoms with Crippen molar-refractivity contribution in [3.05, 3.63) is 35.9 Å². The third-order valence-corrected chi connectivity index (χ3v) is 4.98. The van der Waals surface area contributed by atoms with Crippen molar-refractivity contribution in [2.45, 2.75) is 32.7 Å². The minimum atomic E-state index is -3.77. The number of aliphatic carboxylic acids is 1. The zero-order valence-corrected chi connectivity index (χ0v) is 13.1. The summed E-state index contributed by atoms with van der Waals surface area (Å²) in [7, 11) is -3.77. The summed E-state index contributed by atoms with van der Waals surface area (Å²) in [6.07, 6.45) is 0.707. The van der Waals surface area contributed by atoms with Crippen LogP contribution < -0.4 is 4.72 Å². The maximum absolute atomic E-state index is 12.1. The van der Waals surface area contributed by atoms with E-state index in [1.54, 1.807) is 13.8 Å². The normalized spacial score (nSPS) is 13.3. The zero-order valence-electron chi connectivity index (χ0n) is 12.3. The smallest absolute Gasteiger partial charge is 0.321 e. The Labute approximate surface area is 126 Å². The topological polar surface area (TPSA) is 86.7 Å². The molecule has 0 spiro atoms. The monoisotopic (exact) mass is 314 g/mol. The molecule has 0 unspecified atom stereocenters. The molecular weight excluding hydrogens is 292 g/mol. The molecule has 0 fully saturated rings. The Balaban J connectivity index is 2.72. The molecule has 0 radical (unpaired) electrons. The third kappa shape index (κ3) is 5.45. The molecule has 2 N–H and O–H groups in total. The highest BCUT2D eigenvalue weighted by Crippen LogP contribution is 2.07. The minimum Gasteiger partial charge on any atom is -0.480 e. The lowest BCUT2D eigenvalue weighted by molar-refractivity contribution is -0.139. The fourth-order valence-electron chi connectivity index (χ4n) is 2.01. The van der Waals surface area contributed by atoms with Crippen molar-refractivity contribution in [1.29, 1.82) is 0 Å². The molecule has 1 aromatic carbocycles. The molecule has 1 aromatic rings. The first kappa shape index (κ1) is 17.6. The van der Waals surface area contributed by atoms with Gasteiger partial charge in [0, 0.05) is 13.1 Å². The van der Waals surface area contributed by atoms with Gasteiger partial charge in [-0.05, 0) is 18.4 Å². The van der Waals surface area contributed by atoms with Crippen molar-refractivity contribution in [2.24, 2.45) is 0 Å². The average molecular weight is 314 g/mol. The number of carboxylic acid groups (broad SMARTS) is 1. The van der Waals surface area contributed by atoms with E-state index >= 15 is 0 Å². The van der Waals surface area contributed by atoms with E-state index in [1.807, 2.05) is 30.3 Å². The van der Waals surface area contributed by atoms with E-state index in [-0.39, 0.29) is 6.42 Å². The van der Waals surface area contributed by atoms with Gasteiger partial charge in [0.05, 0.1) is 0 Å². The number of rotatable bonds is 9. The fraction of sp³-hybridized carbons (Fsp3) is 0.500. The summed E-state index contributed by atoms with van der Waals surface area (Å²) in [6, 6.07) is 8.25. The van der Waals surface area contributed by atoms with Crippen LogP contribution in [0.1, 0.15) is 25.8 Å². The molecule has 21 heavy (non-hydrogen) atoms. The van der Waals surface area contributed by atoms with Crippen LogP contribution >= 0.6 is 0 Å². The van der Waals surface area contributed by atoms with Crippen molar-refractivity contribution in [1.82, 2.24) is 9.03 Å². The van der Waals surface area contributed by atoms with Gasteiger partial charge in [-0.3, -0.25) is 4.79 Å². The molecule has 0 heterocycles. The van der Waals surface area contributed by atoms with E-state index in [0.717, 1.165) is 5.56 Å². The van der Waals surface area contributed by atoms with Crippen LogP contribution in [0.2, 0.25) is 0 Å². The number of nitrogens with one attached hydrogen (secondary N) is 1. The highest BCUT2D eigenvalue weighted by molar-refractivity contribution is 7.87. The van der Waals surface area contributed by atoms with E-state index in [4.69, 9.17) is 0 Å².